The molecule has 0 aliphatic heterocycles. The van der Waals surface area contributed by atoms with E-state index in [9.17, 15) is 4.79 Å². The smallest absolute Gasteiger partial charge is 0.237 e. The summed E-state index contributed by atoms with van der Waals surface area (Å²) in [7, 11) is 0. The maximum atomic E-state index is 11.6. The summed E-state index contributed by atoms with van der Waals surface area (Å²) in [6.45, 7) is 10.3. The molecule has 0 aliphatic carbocycles. The van der Waals surface area contributed by atoms with Gasteiger partial charge in [-0.15, -0.1) is 0 Å². The fourth-order valence-corrected chi connectivity index (χ4v) is 2.23. The maximum absolute atomic E-state index is 11.6. The van der Waals surface area contributed by atoms with E-state index in [-0.39, 0.29) is 11.9 Å². The minimum atomic E-state index is -0.743. The molecular weight excluding hydrogens is 252 g/mol. The molecule has 1 unspecified atom stereocenters. The summed E-state index contributed by atoms with van der Waals surface area (Å²) >= 11 is 0. The van der Waals surface area contributed by atoms with E-state index in [4.69, 9.17) is 10.5 Å². The largest absolute Gasteiger partial charge is 0.493 e. The second-order valence-electron chi connectivity index (χ2n) is 5.86. The van der Waals surface area contributed by atoms with Gasteiger partial charge in [0.05, 0.1) is 12.1 Å². The highest BCUT2D eigenvalue weighted by Crippen LogP contribution is 2.20. The Balaban J connectivity index is 2.63. The van der Waals surface area contributed by atoms with Crippen LogP contribution in [0.3, 0.4) is 0 Å². The van der Waals surface area contributed by atoms with Crippen molar-refractivity contribution in [3.63, 3.8) is 0 Å². The minimum absolute atomic E-state index is 0.189. The molecule has 0 heterocycles. The van der Waals surface area contributed by atoms with Gasteiger partial charge in [-0.25, -0.2) is 0 Å². The highest BCUT2D eigenvalue weighted by Gasteiger charge is 2.31. The molecule has 1 aromatic rings. The lowest BCUT2D eigenvalue weighted by Gasteiger charge is -2.29. The molecule has 0 bridgehead atoms. The SMILES string of the molecule is Cc1ccc(OCCC(C)(NC(C)C)C(N)=O)c(C)c1. The molecule has 4 nitrogen and oxygen atoms in total. The summed E-state index contributed by atoms with van der Waals surface area (Å²) in [5.41, 5.74) is 7.05. The second-order valence-corrected chi connectivity index (χ2v) is 5.86. The lowest BCUT2D eigenvalue weighted by molar-refractivity contribution is -0.124. The Morgan fingerprint density at radius 3 is 2.55 bits per heavy atom. The fourth-order valence-electron chi connectivity index (χ4n) is 2.23. The number of primary amides is 1. The zero-order valence-corrected chi connectivity index (χ0v) is 13.1. The van der Waals surface area contributed by atoms with Gasteiger partial charge in [0, 0.05) is 12.5 Å². The summed E-state index contributed by atoms with van der Waals surface area (Å²) < 4.78 is 5.77. The van der Waals surface area contributed by atoms with Crippen molar-refractivity contribution in [1.82, 2.24) is 5.32 Å². The maximum Gasteiger partial charge on any atom is 0.237 e. The third kappa shape index (κ3) is 4.53. The molecule has 1 atom stereocenters. The first-order chi connectivity index (χ1) is 9.24. The van der Waals surface area contributed by atoms with Gasteiger partial charge in [0.15, 0.2) is 0 Å². The van der Waals surface area contributed by atoms with Gasteiger partial charge in [-0.1, -0.05) is 17.7 Å². The van der Waals surface area contributed by atoms with Gasteiger partial charge < -0.3 is 15.8 Å². The number of ether oxygens (including phenoxy) is 1. The van der Waals surface area contributed by atoms with Crippen LogP contribution in [0.4, 0.5) is 0 Å². The molecule has 4 heteroatoms. The Bertz CT molecular complexity index is 472. The highest BCUT2D eigenvalue weighted by molar-refractivity contribution is 5.84. The summed E-state index contributed by atoms with van der Waals surface area (Å²) in [6.07, 6.45) is 0.536. The molecule has 0 radical (unpaired) electrons. The van der Waals surface area contributed by atoms with E-state index in [1.165, 1.54) is 5.56 Å². The first kappa shape index (κ1) is 16.5. The van der Waals surface area contributed by atoms with Crippen molar-refractivity contribution in [3.8, 4) is 5.75 Å². The van der Waals surface area contributed by atoms with Crippen LogP contribution in [0, 0.1) is 13.8 Å². The average Bonchev–Trinajstić information content (AvgIpc) is 2.30. The van der Waals surface area contributed by atoms with Crippen molar-refractivity contribution in [2.75, 3.05) is 6.61 Å². The van der Waals surface area contributed by atoms with E-state index < -0.39 is 5.54 Å². The predicted molar refractivity (Wildman–Crippen MR) is 81.9 cm³/mol. The van der Waals surface area contributed by atoms with Gasteiger partial charge in [0.2, 0.25) is 5.91 Å². The molecule has 0 saturated carbocycles. The van der Waals surface area contributed by atoms with Crippen LogP contribution in [0.1, 0.15) is 38.3 Å². The number of nitrogens with one attached hydrogen (secondary N) is 1. The molecule has 0 aliphatic rings. The van der Waals surface area contributed by atoms with Gasteiger partial charge in [0.25, 0.3) is 0 Å². The molecule has 1 aromatic carbocycles. The van der Waals surface area contributed by atoms with Crippen molar-refractivity contribution in [1.29, 1.82) is 0 Å². The Morgan fingerprint density at radius 2 is 2.05 bits per heavy atom. The van der Waals surface area contributed by atoms with Crippen LogP contribution in [0.15, 0.2) is 18.2 Å². The number of nitrogens with two attached hydrogens (primary N) is 1. The van der Waals surface area contributed by atoms with Crippen LogP contribution in [0.5, 0.6) is 5.75 Å². The first-order valence-electron chi connectivity index (χ1n) is 7.02. The van der Waals surface area contributed by atoms with Crippen LogP contribution in [-0.2, 0) is 4.79 Å². The molecule has 20 heavy (non-hydrogen) atoms. The van der Waals surface area contributed by atoms with Crippen LogP contribution < -0.4 is 15.8 Å². The highest BCUT2D eigenvalue weighted by atomic mass is 16.5. The average molecular weight is 278 g/mol. The predicted octanol–water partition coefficient (Wildman–Crippen LogP) is 2.31. The van der Waals surface area contributed by atoms with Gasteiger partial charge in [-0.05, 0) is 46.2 Å². The van der Waals surface area contributed by atoms with E-state index in [1.807, 2.05) is 46.8 Å². The zero-order valence-electron chi connectivity index (χ0n) is 13.1. The van der Waals surface area contributed by atoms with E-state index in [0.717, 1.165) is 11.3 Å². The number of carbonyl (C=O) groups excluding carboxylic acids is 1. The Labute approximate surface area is 121 Å². The molecule has 0 saturated heterocycles. The summed E-state index contributed by atoms with van der Waals surface area (Å²) in [5, 5.41) is 3.21. The van der Waals surface area contributed by atoms with Crippen molar-refractivity contribution in [2.45, 2.75) is 52.6 Å². The van der Waals surface area contributed by atoms with Gasteiger partial charge in [0.1, 0.15) is 5.75 Å². The fraction of sp³-hybridized carbons (Fsp3) is 0.562. The van der Waals surface area contributed by atoms with Crippen LogP contribution in [0.25, 0.3) is 0 Å². The molecule has 3 N–H and O–H groups in total. The lowest BCUT2D eigenvalue weighted by atomic mass is 9.96. The Hall–Kier alpha value is -1.55. The number of amides is 1. The summed E-state index contributed by atoms with van der Waals surface area (Å²) in [4.78, 5) is 11.6. The van der Waals surface area contributed by atoms with Crippen molar-refractivity contribution in [3.05, 3.63) is 29.3 Å². The molecule has 0 aromatic heterocycles. The van der Waals surface area contributed by atoms with E-state index in [0.29, 0.717) is 13.0 Å². The van der Waals surface area contributed by atoms with Crippen molar-refractivity contribution in [2.24, 2.45) is 5.73 Å². The molecular formula is C16H26N2O2. The van der Waals surface area contributed by atoms with Gasteiger partial charge >= 0.3 is 0 Å². The number of hydrogen-bond acceptors (Lipinski definition) is 3. The molecule has 1 amide bonds. The third-order valence-corrected chi connectivity index (χ3v) is 3.34. The summed E-state index contributed by atoms with van der Waals surface area (Å²) in [6, 6.07) is 6.24. The second kappa shape index (κ2) is 6.75. The van der Waals surface area contributed by atoms with Crippen molar-refractivity contribution >= 4 is 5.91 Å². The summed E-state index contributed by atoms with van der Waals surface area (Å²) in [5.74, 6) is 0.502. The molecule has 0 spiro atoms. The number of aryl methyl sites for hydroxylation is 2. The number of hydrogen-bond donors (Lipinski definition) is 2. The van der Waals surface area contributed by atoms with Crippen LogP contribution in [0.2, 0.25) is 0 Å². The quantitative estimate of drug-likeness (QED) is 0.804. The normalized spacial score (nSPS) is 14.1. The number of rotatable bonds is 7. The molecule has 0 fully saturated rings. The van der Waals surface area contributed by atoms with E-state index in [1.54, 1.807) is 0 Å². The van der Waals surface area contributed by atoms with Gasteiger partial charge in [-0.2, -0.15) is 0 Å². The van der Waals surface area contributed by atoms with E-state index >= 15 is 0 Å². The minimum Gasteiger partial charge on any atom is -0.493 e. The third-order valence-electron chi connectivity index (χ3n) is 3.34. The Morgan fingerprint density at radius 1 is 1.40 bits per heavy atom. The first-order valence-corrected chi connectivity index (χ1v) is 7.02. The van der Waals surface area contributed by atoms with Gasteiger partial charge in [-0.3, -0.25) is 4.79 Å². The number of carbonyl (C=O) groups is 1. The topological polar surface area (TPSA) is 64.3 Å². The monoisotopic (exact) mass is 278 g/mol. The number of benzene rings is 1. The van der Waals surface area contributed by atoms with Crippen LogP contribution >= 0.6 is 0 Å². The van der Waals surface area contributed by atoms with E-state index in [2.05, 4.69) is 11.4 Å². The zero-order chi connectivity index (χ0) is 15.3. The van der Waals surface area contributed by atoms with Crippen LogP contribution in [-0.4, -0.2) is 24.1 Å². The molecule has 112 valence electrons. The lowest BCUT2D eigenvalue weighted by Crippen LogP contribution is -2.56. The standard InChI is InChI=1S/C16H26N2O2/c1-11(2)18-16(5,15(17)19)8-9-20-14-7-6-12(3)10-13(14)4/h6-7,10-11,18H,8-9H2,1-5H3,(H2,17,19). The van der Waals surface area contributed by atoms with Crippen molar-refractivity contribution < 1.29 is 9.53 Å². The Kier molecular flexibility index (Phi) is 5.57. The molecule has 1 rings (SSSR count).